The summed E-state index contributed by atoms with van der Waals surface area (Å²) in [4.78, 5) is 12.8. The monoisotopic (exact) mass is 318 g/mol. The molecule has 2 nitrogen and oxygen atoms in total. The van der Waals surface area contributed by atoms with Crippen molar-refractivity contribution in [2.45, 2.75) is 70.7 Å². The van der Waals surface area contributed by atoms with Crippen LogP contribution in [0.25, 0.3) is 0 Å². The lowest BCUT2D eigenvalue weighted by Crippen LogP contribution is -2.48. The third kappa shape index (κ3) is 4.08. The minimum absolute atomic E-state index is 0.130. The van der Waals surface area contributed by atoms with E-state index in [1.54, 1.807) is 0 Å². The fraction of sp³-hybridized carbons (Fsp3) is 0.632. The van der Waals surface area contributed by atoms with E-state index in [-0.39, 0.29) is 17.1 Å². The molecule has 1 aromatic rings. The Morgan fingerprint density at radius 3 is 2.36 bits per heavy atom. The van der Waals surface area contributed by atoms with Gasteiger partial charge in [0.1, 0.15) is 6.10 Å². The lowest BCUT2D eigenvalue weighted by molar-refractivity contribution is -0.133. The molecule has 0 amide bonds. The first kappa shape index (κ1) is 17.4. The van der Waals surface area contributed by atoms with Crippen LogP contribution < -0.4 is 0 Å². The third-order valence-corrected chi connectivity index (χ3v) is 9.79. The van der Waals surface area contributed by atoms with Crippen LogP contribution in [0.4, 0.5) is 0 Å². The highest BCUT2D eigenvalue weighted by Gasteiger charge is 2.42. The van der Waals surface area contributed by atoms with Crippen molar-refractivity contribution in [3.63, 3.8) is 0 Å². The minimum Gasteiger partial charge on any atom is -0.407 e. The molecule has 0 bridgehead atoms. The Labute approximate surface area is 136 Å². The smallest absolute Gasteiger partial charge is 0.193 e. The number of hydrogen-bond donors (Lipinski definition) is 0. The molecular formula is C19H30O2Si. The van der Waals surface area contributed by atoms with Crippen LogP contribution in [0.15, 0.2) is 30.3 Å². The highest BCUT2D eigenvalue weighted by Crippen LogP contribution is 2.39. The van der Waals surface area contributed by atoms with Crippen LogP contribution in [0.1, 0.15) is 45.6 Å². The Kier molecular flexibility index (Phi) is 5.28. The van der Waals surface area contributed by atoms with Gasteiger partial charge in [-0.1, -0.05) is 51.1 Å². The molecule has 122 valence electrons. The zero-order valence-corrected chi connectivity index (χ0v) is 15.7. The molecular weight excluding hydrogens is 288 g/mol. The molecule has 0 radical (unpaired) electrons. The number of hydrogen-bond acceptors (Lipinski definition) is 2. The van der Waals surface area contributed by atoms with Crippen LogP contribution >= 0.6 is 0 Å². The topological polar surface area (TPSA) is 26.3 Å². The molecule has 0 saturated heterocycles. The van der Waals surface area contributed by atoms with Crippen molar-refractivity contribution < 1.29 is 9.22 Å². The van der Waals surface area contributed by atoms with Crippen molar-refractivity contribution in [2.24, 2.45) is 5.92 Å². The Morgan fingerprint density at radius 1 is 1.14 bits per heavy atom. The number of ketones is 1. The van der Waals surface area contributed by atoms with E-state index in [1.165, 1.54) is 5.56 Å². The van der Waals surface area contributed by atoms with Crippen molar-refractivity contribution in [2.75, 3.05) is 0 Å². The van der Waals surface area contributed by atoms with Gasteiger partial charge in [-0.2, -0.15) is 0 Å². The van der Waals surface area contributed by atoms with Crippen LogP contribution in [-0.2, 0) is 15.6 Å². The number of benzene rings is 1. The summed E-state index contributed by atoms with van der Waals surface area (Å²) in [5.74, 6) is 0.464. The summed E-state index contributed by atoms with van der Waals surface area (Å²) < 4.78 is 6.41. The first-order valence-corrected chi connectivity index (χ1v) is 11.4. The van der Waals surface area contributed by atoms with Crippen molar-refractivity contribution in [1.82, 2.24) is 0 Å². The maximum absolute atomic E-state index is 12.8. The number of carbonyl (C=O) groups excluding carboxylic acids is 1. The second kappa shape index (κ2) is 6.67. The van der Waals surface area contributed by atoms with Gasteiger partial charge in [-0.25, -0.2) is 0 Å². The Bertz CT molecular complexity index is 502. The van der Waals surface area contributed by atoms with Gasteiger partial charge < -0.3 is 4.43 Å². The molecule has 1 aliphatic rings. The number of Topliss-reactive ketones (excluding diaryl/α,β-unsaturated/α-hetero) is 1. The van der Waals surface area contributed by atoms with Gasteiger partial charge in [-0.15, -0.1) is 0 Å². The van der Waals surface area contributed by atoms with E-state index in [4.69, 9.17) is 4.43 Å². The van der Waals surface area contributed by atoms with Gasteiger partial charge in [0.25, 0.3) is 0 Å². The Hall–Kier alpha value is -0.933. The second-order valence-electron chi connectivity index (χ2n) is 8.09. The van der Waals surface area contributed by atoms with Crippen molar-refractivity contribution in [1.29, 1.82) is 0 Å². The summed E-state index contributed by atoms with van der Waals surface area (Å²) in [7, 11) is -1.88. The molecule has 2 atom stereocenters. The number of carbonyl (C=O) groups is 1. The molecule has 1 fully saturated rings. The zero-order valence-electron chi connectivity index (χ0n) is 14.7. The summed E-state index contributed by atoms with van der Waals surface area (Å²) in [6.07, 6.45) is 3.68. The molecule has 2 rings (SSSR count). The second-order valence-corrected chi connectivity index (χ2v) is 12.8. The van der Waals surface area contributed by atoms with Gasteiger partial charge in [0.2, 0.25) is 0 Å². The van der Waals surface area contributed by atoms with E-state index in [1.807, 2.05) is 18.2 Å². The largest absolute Gasteiger partial charge is 0.407 e. The van der Waals surface area contributed by atoms with Crippen molar-refractivity contribution >= 4 is 14.1 Å². The summed E-state index contributed by atoms with van der Waals surface area (Å²) in [5.41, 5.74) is 1.26. The van der Waals surface area contributed by atoms with E-state index in [0.717, 1.165) is 25.7 Å². The fourth-order valence-electron chi connectivity index (χ4n) is 2.85. The first-order chi connectivity index (χ1) is 10.2. The summed E-state index contributed by atoms with van der Waals surface area (Å²) in [5, 5.41) is 0.152. The molecule has 22 heavy (non-hydrogen) atoms. The minimum atomic E-state index is -1.88. The van der Waals surface area contributed by atoms with Crippen LogP contribution in [-0.4, -0.2) is 20.2 Å². The van der Waals surface area contributed by atoms with Gasteiger partial charge in [0, 0.05) is 5.92 Å². The fourth-order valence-corrected chi connectivity index (χ4v) is 4.15. The van der Waals surface area contributed by atoms with Gasteiger partial charge in [0.15, 0.2) is 14.1 Å². The molecule has 0 aromatic heterocycles. The predicted molar refractivity (Wildman–Crippen MR) is 94.6 cm³/mol. The SMILES string of the molecule is CC(C)(C)[Si](C)(C)O[C@H]1CCCC(Cc2ccccc2)C1=O. The van der Waals surface area contributed by atoms with Crippen molar-refractivity contribution in [3.8, 4) is 0 Å². The Balaban J connectivity index is 2.04. The van der Waals surface area contributed by atoms with Crippen molar-refractivity contribution in [3.05, 3.63) is 35.9 Å². The normalized spacial score (nSPS) is 23.6. The first-order valence-electron chi connectivity index (χ1n) is 8.46. The molecule has 3 heteroatoms. The zero-order chi connectivity index (χ0) is 16.4. The summed E-state index contributed by atoms with van der Waals surface area (Å²) in [6.45, 7) is 11.2. The average Bonchev–Trinajstić information content (AvgIpc) is 2.43. The molecule has 0 spiro atoms. The van der Waals surface area contributed by atoms with Crippen LogP contribution in [0.2, 0.25) is 18.1 Å². The molecule has 0 aliphatic heterocycles. The summed E-state index contributed by atoms with van der Waals surface area (Å²) in [6, 6.07) is 10.4. The van der Waals surface area contributed by atoms with E-state index in [0.29, 0.717) is 5.78 Å². The third-order valence-electron chi connectivity index (χ3n) is 5.31. The van der Waals surface area contributed by atoms with Gasteiger partial charge in [-0.05, 0) is 49.4 Å². The van der Waals surface area contributed by atoms with E-state index >= 15 is 0 Å². The van der Waals surface area contributed by atoms with Crippen LogP contribution in [0.5, 0.6) is 0 Å². The lowest BCUT2D eigenvalue weighted by Gasteiger charge is -2.40. The van der Waals surface area contributed by atoms with Gasteiger partial charge in [0.05, 0.1) is 0 Å². The standard InChI is InChI=1S/C19H30O2Si/c1-19(2,3)22(4,5)21-17-13-9-12-16(18(17)20)14-15-10-7-6-8-11-15/h6-8,10-11,16-17H,9,12-14H2,1-5H3/t16?,17-/m0/s1. The summed E-state index contributed by atoms with van der Waals surface area (Å²) >= 11 is 0. The molecule has 0 N–H and O–H groups in total. The molecule has 1 saturated carbocycles. The lowest BCUT2D eigenvalue weighted by atomic mass is 9.82. The average molecular weight is 319 g/mol. The van der Waals surface area contributed by atoms with Gasteiger partial charge >= 0.3 is 0 Å². The van der Waals surface area contributed by atoms with E-state index < -0.39 is 8.32 Å². The van der Waals surface area contributed by atoms with Gasteiger partial charge in [-0.3, -0.25) is 4.79 Å². The molecule has 1 unspecified atom stereocenters. The maximum Gasteiger partial charge on any atom is 0.193 e. The van der Waals surface area contributed by atoms with E-state index in [9.17, 15) is 4.79 Å². The van der Waals surface area contributed by atoms with Crippen LogP contribution in [0.3, 0.4) is 0 Å². The molecule has 1 aliphatic carbocycles. The van der Waals surface area contributed by atoms with E-state index in [2.05, 4.69) is 46.0 Å². The molecule has 1 aromatic carbocycles. The van der Waals surface area contributed by atoms with Crippen LogP contribution in [0, 0.1) is 5.92 Å². The highest BCUT2D eigenvalue weighted by molar-refractivity contribution is 6.74. The Morgan fingerprint density at radius 2 is 1.77 bits per heavy atom. The maximum atomic E-state index is 12.8. The predicted octanol–water partition coefficient (Wildman–Crippen LogP) is 4.99. The number of rotatable bonds is 4. The quantitative estimate of drug-likeness (QED) is 0.731. The highest BCUT2D eigenvalue weighted by atomic mass is 28.4. The molecule has 0 heterocycles.